The van der Waals surface area contributed by atoms with Gasteiger partial charge in [0, 0.05) is 4.50 Å². The highest BCUT2D eigenvalue weighted by Crippen LogP contribution is 2.22. The SMILES string of the molecule is C[Si](Cl)(Cl)c1ccc(Cl)s1. The summed E-state index contributed by atoms with van der Waals surface area (Å²) >= 11 is 19.0. The van der Waals surface area contributed by atoms with Crippen molar-refractivity contribution in [2.45, 2.75) is 6.55 Å². The van der Waals surface area contributed by atoms with E-state index in [0.29, 0.717) is 0 Å². The molecule has 1 aromatic rings. The van der Waals surface area contributed by atoms with Crippen molar-refractivity contribution in [1.29, 1.82) is 0 Å². The van der Waals surface area contributed by atoms with Crippen molar-refractivity contribution in [1.82, 2.24) is 0 Å². The molecule has 0 bridgehead atoms. The molecular formula is C5H5Cl3SSi. The highest BCUT2D eigenvalue weighted by atomic mass is 35.7. The largest absolute Gasteiger partial charge is 0.287 e. The van der Waals surface area contributed by atoms with Crippen LogP contribution in [-0.4, -0.2) is 6.69 Å². The lowest BCUT2D eigenvalue weighted by molar-refractivity contribution is 2.03. The van der Waals surface area contributed by atoms with Crippen LogP contribution < -0.4 is 4.50 Å². The third-order valence-electron chi connectivity index (χ3n) is 1.01. The summed E-state index contributed by atoms with van der Waals surface area (Å²) in [5.41, 5.74) is 0. The van der Waals surface area contributed by atoms with E-state index in [2.05, 4.69) is 0 Å². The first-order valence-electron chi connectivity index (χ1n) is 2.64. The Balaban J connectivity index is 2.96. The lowest BCUT2D eigenvalue weighted by atomic mass is 10.7. The molecule has 0 fully saturated rings. The van der Waals surface area contributed by atoms with E-state index >= 15 is 0 Å². The zero-order valence-electron chi connectivity index (χ0n) is 5.20. The highest BCUT2D eigenvalue weighted by Gasteiger charge is 2.25. The molecule has 1 aromatic heterocycles. The van der Waals surface area contributed by atoms with Gasteiger partial charge in [0.1, 0.15) is 0 Å². The van der Waals surface area contributed by atoms with Gasteiger partial charge in [-0.3, -0.25) is 0 Å². The monoisotopic (exact) mass is 230 g/mol. The minimum atomic E-state index is -2.13. The molecule has 0 saturated carbocycles. The fourth-order valence-electron chi connectivity index (χ4n) is 0.550. The Hall–Kier alpha value is 0.787. The van der Waals surface area contributed by atoms with Gasteiger partial charge >= 0.3 is 0 Å². The molecule has 10 heavy (non-hydrogen) atoms. The zero-order chi connectivity index (χ0) is 7.78. The van der Waals surface area contributed by atoms with Crippen molar-refractivity contribution >= 4 is 56.3 Å². The molecule has 5 heteroatoms. The molecule has 0 aliphatic heterocycles. The lowest BCUT2D eigenvalue weighted by Gasteiger charge is -2.04. The third-order valence-corrected chi connectivity index (χ3v) is 6.51. The predicted molar refractivity (Wildman–Crippen MR) is 52.3 cm³/mol. The molecule has 0 aliphatic carbocycles. The van der Waals surface area contributed by atoms with Crippen LogP contribution in [0, 0.1) is 0 Å². The molecule has 0 unspecified atom stereocenters. The Kier molecular flexibility index (Phi) is 2.69. The first-order valence-corrected chi connectivity index (χ1v) is 8.35. The first-order chi connectivity index (χ1) is 4.50. The van der Waals surface area contributed by atoms with Gasteiger partial charge in [0.15, 0.2) is 0 Å². The van der Waals surface area contributed by atoms with Crippen molar-refractivity contribution in [2.75, 3.05) is 0 Å². The molecule has 0 N–H and O–H groups in total. The summed E-state index contributed by atoms with van der Waals surface area (Å²) in [4.78, 5) is 0. The van der Waals surface area contributed by atoms with Crippen LogP contribution in [-0.2, 0) is 0 Å². The van der Waals surface area contributed by atoms with E-state index in [-0.39, 0.29) is 0 Å². The third kappa shape index (κ3) is 2.14. The molecule has 0 saturated heterocycles. The molecule has 0 aliphatic rings. The molecule has 1 heterocycles. The summed E-state index contributed by atoms with van der Waals surface area (Å²) in [6.07, 6.45) is 0. The van der Waals surface area contributed by atoms with Gasteiger partial charge in [0.25, 0.3) is 6.69 Å². The standard InChI is InChI=1S/C5H5Cl3SSi/c1-10(7,8)5-3-2-4(6)9-5/h2-3H,1H3. The summed E-state index contributed by atoms with van der Waals surface area (Å²) < 4.78 is 1.76. The van der Waals surface area contributed by atoms with Crippen LogP contribution in [0.3, 0.4) is 0 Å². The first kappa shape index (κ1) is 8.88. The second kappa shape index (κ2) is 3.03. The minimum absolute atomic E-state index is 0.745. The van der Waals surface area contributed by atoms with Gasteiger partial charge in [-0.05, 0) is 18.7 Å². The molecule has 0 nitrogen and oxygen atoms in total. The second-order valence-corrected chi connectivity index (χ2v) is 11.5. The quantitative estimate of drug-likeness (QED) is 0.515. The van der Waals surface area contributed by atoms with Gasteiger partial charge in [-0.15, -0.1) is 33.5 Å². The molecule has 0 amide bonds. The van der Waals surface area contributed by atoms with Crippen molar-refractivity contribution in [3.05, 3.63) is 16.5 Å². The van der Waals surface area contributed by atoms with E-state index in [1.54, 1.807) is 0 Å². The van der Waals surface area contributed by atoms with E-state index in [4.69, 9.17) is 33.8 Å². The lowest BCUT2D eigenvalue weighted by Crippen LogP contribution is -2.29. The van der Waals surface area contributed by atoms with Crippen LogP contribution >= 0.6 is 45.1 Å². The number of hydrogen-bond donors (Lipinski definition) is 0. The average molecular weight is 232 g/mol. The summed E-state index contributed by atoms with van der Waals surface area (Å²) in [6, 6.07) is 3.71. The van der Waals surface area contributed by atoms with E-state index in [9.17, 15) is 0 Å². The molecular weight excluding hydrogens is 227 g/mol. The van der Waals surface area contributed by atoms with Gasteiger partial charge in [-0.2, -0.15) is 0 Å². The van der Waals surface area contributed by atoms with E-state index in [1.165, 1.54) is 11.3 Å². The van der Waals surface area contributed by atoms with Crippen molar-refractivity contribution in [2.24, 2.45) is 0 Å². The molecule has 1 rings (SSSR count). The normalized spacial score (nSPS) is 12.0. The summed E-state index contributed by atoms with van der Waals surface area (Å²) in [5, 5.41) is 0. The van der Waals surface area contributed by atoms with Crippen LogP contribution in [0.4, 0.5) is 0 Å². The number of thiophene rings is 1. The summed E-state index contributed by atoms with van der Waals surface area (Å²) in [5.74, 6) is 0. The average Bonchev–Trinajstić information content (AvgIpc) is 2.11. The summed E-state index contributed by atoms with van der Waals surface area (Å²) in [6.45, 7) is -0.275. The molecule has 0 aromatic carbocycles. The van der Waals surface area contributed by atoms with Crippen molar-refractivity contribution in [3.63, 3.8) is 0 Å². The van der Waals surface area contributed by atoms with Gasteiger partial charge in [0.05, 0.1) is 4.34 Å². The van der Waals surface area contributed by atoms with Gasteiger partial charge < -0.3 is 0 Å². The van der Waals surface area contributed by atoms with E-state index in [1.807, 2.05) is 18.7 Å². The van der Waals surface area contributed by atoms with E-state index < -0.39 is 6.69 Å². The Morgan fingerprint density at radius 2 is 2.00 bits per heavy atom. The second-order valence-electron chi connectivity index (χ2n) is 1.99. The van der Waals surface area contributed by atoms with Crippen LogP contribution in [0.25, 0.3) is 0 Å². The summed E-state index contributed by atoms with van der Waals surface area (Å²) in [7, 11) is 0. The van der Waals surface area contributed by atoms with Gasteiger partial charge in [0.2, 0.25) is 0 Å². The zero-order valence-corrected chi connectivity index (χ0v) is 9.28. The maximum absolute atomic E-state index is 5.93. The molecule has 0 spiro atoms. The molecule has 0 radical (unpaired) electrons. The molecule has 0 atom stereocenters. The van der Waals surface area contributed by atoms with Gasteiger partial charge in [-0.25, -0.2) is 0 Å². The Morgan fingerprint density at radius 3 is 2.20 bits per heavy atom. The maximum Gasteiger partial charge on any atom is 0.287 e. The van der Waals surface area contributed by atoms with Crippen molar-refractivity contribution < 1.29 is 0 Å². The fourth-order valence-corrected chi connectivity index (χ4v) is 4.03. The minimum Gasteiger partial charge on any atom is -0.139 e. The van der Waals surface area contributed by atoms with Crippen LogP contribution in [0.1, 0.15) is 0 Å². The number of hydrogen-bond acceptors (Lipinski definition) is 1. The fraction of sp³-hybridized carbons (Fsp3) is 0.200. The van der Waals surface area contributed by atoms with E-state index in [0.717, 1.165) is 8.84 Å². The predicted octanol–water partition coefficient (Wildman–Crippen LogP) is 3.16. The Labute approximate surface area is 79.1 Å². The topological polar surface area (TPSA) is 0 Å². The number of rotatable bonds is 1. The highest BCUT2D eigenvalue weighted by molar-refractivity contribution is 7.56. The van der Waals surface area contributed by atoms with Gasteiger partial charge in [-0.1, -0.05) is 11.6 Å². The van der Waals surface area contributed by atoms with Crippen LogP contribution in [0.5, 0.6) is 0 Å². The smallest absolute Gasteiger partial charge is 0.139 e. The van der Waals surface area contributed by atoms with Crippen LogP contribution in [0.2, 0.25) is 10.9 Å². The maximum atomic E-state index is 5.93. The molecule has 56 valence electrons. The van der Waals surface area contributed by atoms with Crippen LogP contribution in [0.15, 0.2) is 12.1 Å². The van der Waals surface area contributed by atoms with Crippen molar-refractivity contribution in [3.8, 4) is 0 Å². The Bertz CT molecular complexity index is 227. The number of halogens is 3. The Morgan fingerprint density at radius 1 is 1.40 bits per heavy atom.